The van der Waals surface area contributed by atoms with Gasteiger partial charge in [0.15, 0.2) is 6.04 Å². The SMILES string of the molecule is CC1=NN(c2nc(-c3ccc(C)cc3)cs2)C(=O)C1N=Nc1c(Br)cc(Br)cc1Br. The van der Waals surface area contributed by atoms with Crippen molar-refractivity contribution in [2.75, 3.05) is 5.01 Å². The molecule has 1 aliphatic rings. The monoisotopic (exact) mass is 609 g/mol. The third-order valence-corrected chi connectivity index (χ3v) is 6.85. The van der Waals surface area contributed by atoms with Gasteiger partial charge in [0, 0.05) is 24.4 Å². The molecule has 2 heterocycles. The number of rotatable bonds is 4. The predicted octanol–water partition coefficient (Wildman–Crippen LogP) is 7.28. The van der Waals surface area contributed by atoms with Crippen LogP contribution in [0.5, 0.6) is 0 Å². The summed E-state index contributed by atoms with van der Waals surface area (Å²) in [5.41, 5.74) is 4.16. The topological polar surface area (TPSA) is 70.3 Å². The highest BCUT2D eigenvalue weighted by atomic mass is 79.9. The summed E-state index contributed by atoms with van der Waals surface area (Å²) in [5.74, 6) is -0.273. The highest BCUT2D eigenvalue weighted by molar-refractivity contribution is 9.11. The smallest absolute Gasteiger partial charge is 0.269 e. The van der Waals surface area contributed by atoms with Crippen molar-refractivity contribution >= 4 is 81.6 Å². The van der Waals surface area contributed by atoms with Gasteiger partial charge in [-0.2, -0.15) is 20.3 Å². The van der Waals surface area contributed by atoms with Crippen molar-refractivity contribution in [1.29, 1.82) is 0 Å². The lowest BCUT2D eigenvalue weighted by Crippen LogP contribution is -2.29. The fourth-order valence-electron chi connectivity index (χ4n) is 2.79. The average Bonchev–Trinajstić information content (AvgIpc) is 3.27. The lowest BCUT2D eigenvalue weighted by Gasteiger charge is -2.08. The zero-order valence-corrected chi connectivity index (χ0v) is 21.4. The molecule has 152 valence electrons. The van der Waals surface area contributed by atoms with Crippen molar-refractivity contribution in [3.05, 3.63) is 60.8 Å². The third kappa shape index (κ3) is 4.32. The molecule has 10 heteroatoms. The Hall–Kier alpha value is -1.75. The number of amides is 1. The van der Waals surface area contributed by atoms with E-state index in [0.717, 1.165) is 24.7 Å². The highest BCUT2D eigenvalue weighted by Crippen LogP contribution is 2.37. The summed E-state index contributed by atoms with van der Waals surface area (Å²) in [6.07, 6.45) is 0. The van der Waals surface area contributed by atoms with E-state index in [2.05, 4.69) is 68.1 Å². The van der Waals surface area contributed by atoms with Crippen LogP contribution in [0.1, 0.15) is 12.5 Å². The molecule has 4 rings (SSSR count). The molecule has 0 N–H and O–H groups in total. The Morgan fingerprint density at radius 3 is 2.40 bits per heavy atom. The summed E-state index contributed by atoms with van der Waals surface area (Å²) in [7, 11) is 0. The summed E-state index contributed by atoms with van der Waals surface area (Å²) in [6.45, 7) is 3.80. The summed E-state index contributed by atoms with van der Waals surface area (Å²) >= 11 is 11.7. The van der Waals surface area contributed by atoms with Gasteiger partial charge in [0.2, 0.25) is 5.13 Å². The van der Waals surface area contributed by atoms with E-state index in [-0.39, 0.29) is 5.91 Å². The summed E-state index contributed by atoms with van der Waals surface area (Å²) in [6, 6.07) is 11.0. The number of halogens is 3. The van der Waals surface area contributed by atoms with E-state index in [0.29, 0.717) is 16.5 Å². The Morgan fingerprint density at radius 2 is 1.73 bits per heavy atom. The number of hydrogen-bond acceptors (Lipinski definition) is 6. The molecule has 0 bridgehead atoms. The molecule has 0 aliphatic carbocycles. The molecule has 0 fully saturated rings. The van der Waals surface area contributed by atoms with Crippen molar-refractivity contribution in [3.8, 4) is 11.3 Å². The van der Waals surface area contributed by atoms with Gasteiger partial charge in [-0.3, -0.25) is 4.79 Å². The second kappa shape index (κ2) is 8.78. The predicted molar refractivity (Wildman–Crippen MR) is 131 cm³/mol. The Morgan fingerprint density at radius 1 is 1.07 bits per heavy atom. The van der Waals surface area contributed by atoms with Gasteiger partial charge >= 0.3 is 0 Å². The first-order valence-corrected chi connectivity index (χ1v) is 12.1. The molecule has 2 aromatic carbocycles. The van der Waals surface area contributed by atoms with Gasteiger partial charge in [0.25, 0.3) is 5.91 Å². The fraction of sp³-hybridized carbons (Fsp3) is 0.150. The van der Waals surface area contributed by atoms with Gasteiger partial charge in [-0.05, 0) is 57.8 Å². The fourth-order valence-corrected chi connectivity index (χ4v) is 6.00. The van der Waals surface area contributed by atoms with E-state index in [9.17, 15) is 4.79 Å². The molecular weight excluding hydrogens is 598 g/mol. The van der Waals surface area contributed by atoms with Crippen molar-refractivity contribution in [2.24, 2.45) is 15.3 Å². The maximum atomic E-state index is 12.9. The average molecular weight is 612 g/mol. The van der Waals surface area contributed by atoms with Crippen LogP contribution in [0.3, 0.4) is 0 Å². The van der Waals surface area contributed by atoms with Crippen molar-refractivity contribution < 1.29 is 4.79 Å². The second-order valence-corrected chi connectivity index (χ2v) is 10.1. The summed E-state index contributed by atoms with van der Waals surface area (Å²) < 4.78 is 2.41. The second-order valence-electron chi connectivity index (χ2n) is 6.61. The zero-order valence-electron chi connectivity index (χ0n) is 15.8. The van der Waals surface area contributed by atoms with Gasteiger partial charge in [-0.1, -0.05) is 45.8 Å². The van der Waals surface area contributed by atoms with Gasteiger partial charge in [-0.15, -0.1) is 11.3 Å². The van der Waals surface area contributed by atoms with Crippen LogP contribution >= 0.6 is 59.1 Å². The van der Waals surface area contributed by atoms with Crippen LogP contribution in [0.4, 0.5) is 10.8 Å². The number of azo groups is 1. The van der Waals surface area contributed by atoms with Gasteiger partial charge in [0.05, 0.1) is 11.4 Å². The number of thiazole rings is 1. The molecule has 30 heavy (non-hydrogen) atoms. The Kier molecular flexibility index (Phi) is 6.29. The quantitative estimate of drug-likeness (QED) is 0.291. The number of aromatic nitrogens is 1. The van der Waals surface area contributed by atoms with Crippen LogP contribution in [0.2, 0.25) is 0 Å². The maximum absolute atomic E-state index is 12.9. The molecule has 1 aliphatic heterocycles. The molecule has 6 nitrogen and oxygen atoms in total. The van der Waals surface area contributed by atoms with Crippen molar-refractivity contribution in [1.82, 2.24) is 4.98 Å². The van der Waals surface area contributed by atoms with Gasteiger partial charge < -0.3 is 0 Å². The molecule has 1 aromatic heterocycles. The number of carbonyl (C=O) groups excluding carboxylic acids is 1. The molecule has 1 unspecified atom stereocenters. The van der Waals surface area contributed by atoms with Gasteiger partial charge in [0.1, 0.15) is 5.69 Å². The van der Waals surface area contributed by atoms with Crippen molar-refractivity contribution in [3.63, 3.8) is 0 Å². The molecule has 0 spiro atoms. The van der Waals surface area contributed by atoms with Gasteiger partial charge in [-0.25, -0.2) is 4.98 Å². The van der Waals surface area contributed by atoms with Crippen LogP contribution in [-0.2, 0) is 4.79 Å². The molecule has 3 aromatic rings. The van der Waals surface area contributed by atoms with Crippen LogP contribution < -0.4 is 5.01 Å². The third-order valence-electron chi connectivity index (χ3n) is 4.37. The van der Waals surface area contributed by atoms with E-state index in [1.165, 1.54) is 21.9 Å². The number of hydrazone groups is 1. The first-order chi connectivity index (χ1) is 14.3. The maximum Gasteiger partial charge on any atom is 0.282 e. The standard InChI is InChI=1S/C20H14Br3N5OS/c1-10-3-5-12(6-4-10)16-9-30-20(24-16)28-19(29)17(11(2)27-28)25-26-18-14(22)7-13(21)8-15(18)23/h3-9,17H,1-2H3. The zero-order chi connectivity index (χ0) is 21.4. The minimum absolute atomic E-state index is 0.273. The van der Waals surface area contributed by atoms with E-state index < -0.39 is 6.04 Å². The Balaban J connectivity index is 1.56. The van der Waals surface area contributed by atoms with Crippen molar-refractivity contribution in [2.45, 2.75) is 19.9 Å². The van der Waals surface area contributed by atoms with Crippen LogP contribution in [-0.4, -0.2) is 22.6 Å². The van der Waals surface area contributed by atoms with Crippen LogP contribution in [0.25, 0.3) is 11.3 Å². The number of carbonyl (C=O) groups is 1. The van der Waals surface area contributed by atoms with Crippen LogP contribution in [0.15, 0.2) is 70.5 Å². The molecule has 1 atom stereocenters. The van der Waals surface area contributed by atoms with E-state index in [1.807, 2.05) is 48.7 Å². The van der Waals surface area contributed by atoms with E-state index in [4.69, 9.17) is 0 Å². The minimum Gasteiger partial charge on any atom is -0.269 e. The largest absolute Gasteiger partial charge is 0.282 e. The Labute approximate surface area is 202 Å². The van der Waals surface area contributed by atoms with Crippen LogP contribution in [0, 0.1) is 6.92 Å². The molecular formula is C20H14Br3N5OS. The highest BCUT2D eigenvalue weighted by Gasteiger charge is 2.36. The first kappa shape index (κ1) is 21.5. The normalized spacial score (nSPS) is 16.6. The minimum atomic E-state index is -0.779. The number of hydrogen-bond donors (Lipinski definition) is 0. The van der Waals surface area contributed by atoms with E-state index in [1.54, 1.807) is 6.92 Å². The molecule has 0 radical (unpaired) electrons. The Bertz CT molecular complexity index is 1170. The lowest BCUT2D eigenvalue weighted by molar-refractivity contribution is -0.117. The number of anilines is 1. The van der Waals surface area contributed by atoms with E-state index >= 15 is 0 Å². The number of benzene rings is 2. The number of aryl methyl sites for hydroxylation is 1. The first-order valence-electron chi connectivity index (χ1n) is 8.80. The molecule has 0 saturated carbocycles. The lowest BCUT2D eigenvalue weighted by atomic mass is 10.1. The summed E-state index contributed by atoms with van der Waals surface area (Å²) in [4.78, 5) is 17.5. The summed E-state index contributed by atoms with van der Waals surface area (Å²) in [5, 5.41) is 16.7. The molecule has 0 saturated heterocycles. The number of nitrogens with zero attached hydrogens (tertiary/aromatic N) is 5. The molecule has 1 amide bonds.